The number of nitrogens with zero attached hydrogens (tertiary/aromatic N) is 5. The van der Waals surface area contributed by atoms with Crippen LogP contribution in [-0.4, -0.2) is 26.7 Å². The Bertz CT molecular complexity index is 784. The predicted molar refractivity (Wildman–Crippen MR) is 77.9 cm³/mol. The van der Waals surface area contributed by atoms with Gasteiger partial charge in [0.1, 0.15) is 22.8 Å². The van der Waals surface area contributed by atoms with Crippen molar-refractivity contribution >= 4 is 17.0 Å². The van der Waals surface area contributed by atoms with Crippen molar-refractivity contribution < 1.29 is 4.52 Å². The first-order chi connectivity index (χ1) is 10.3. The largest absolute Gasteiger partial charge is 0.361 e. The van der Waals surface area contributed by atoms with Gasteiger partial charge in [0.05, 0.1) is 6.04 Å². The molecule has 0 spiro atoms. The number of aryl methyl sites for hydroxylation is 1. The van der Waals surface area contributed by atoms with Gasteiger partial charge in [-0.25, -0.2) is 9.97 Å². The maximum atomic E-state index is 5.21. The number of aromatic nitrogens is 4. The van der Waals surface area contributed by atoms with Crippen LogP contribution in [0.3, 0.4) is 0 Å². The second kappa shape index (κ2) is 4.80. The molecule has 6 heteroatoms. The van der Waals surface area contributed by atoms with E-state index in [-0.39, 0.29) is 6.04 Å². The third kappa shape index (κ3) is 2.12. The monoisotopic (exact) mass is 281 g/mol. The normalized spacial score (nSPS) is 18.5. The molecule has 4 rings (SSSR count). The number of anilines is 1. The number of hydrogen-bond donors (Lipinski definition) is 0. The summed E-state index contributed by atoms with van der Waals surface area (Å²) in [6.07, 6.45) is 5.53. The summed E-state index contributed by atoms with van der Waals surface area (Å²) < 4.78 is 5.21. The van der Waals surface area contributed by atoms with Gasteiger partial charge >= 0.3 is 0 Å². The summed E-state index contributed by atoms with van der Waals surface area (Å²) in [6, 6.07) is 6.20. The van der Waals surface area contributed by atoms with Crippen LogP contribution in [0.4, 0.5) is 5.82 Å². The van der Waals surface area contributed by atoms with E-state index in [0.717, 1.165) is 42.2 Å². The number of hydrogen-bond acceptors (Lipinski definition) is 6. The first-order valence-electron chi connectivity index (χ1n) is 7.09. The van der Waals surface area contributed by atoms with Crippen molar-refractivity contribution in [2.24, 2.45) is 0 Å². The summed E-state index contributed by atoms with van der Waals surface area (Å²) in [5, 5.41) is 4.16. The summed E-state index contributed by atoms with van der Waals surface area (Å²) in [5.74, 6) is 1.76. The third-order valence-corrected chi connectivity index (χ3v) is 3.85. The predicted octanol–water partition coefficient (Wildman–Crippen LogP) is 2.66. The molecule has 1 atom stereocenters. The van der Waals surface area contributed by atoms with E-state index < -0.39 is 0 Å². The Balaban J connectivity index is 1.72. The molecule has 0 aliphatic carbocycles. The van der Waals surface area contributed by atoms with Gasteiger partial charge in [-0.2, -0.15) is 0 Å². The zero-order chi connectivity index (χ0) is 14.2. The van der Waals surface area contributed by atoms with Crippen LogP contribution in [-0.2, 0) is 0 Å². The summed E-state index contributed by atoms with van der Waals surface area (Å²) in [6.45, 7) is 2.88. The minimum atomic E-state index is 0.226. The summed E-state index contributed by atoms with van der Waals surface area (Å²) in [5.41, 5.74) is 2.47. The van der Waals surface area contributed by atoms with Gasteiger partial charge in [0.15, 0.2) is 5.65 Å². The Morgan fingerprint density at radius 3 is 3.00 bits per heavy atom. The fourth-order valence-corrected chi connectivity index (χ4v) is 2.90. The van der Waals surface area contributed by atoms with E-state index in [4.69, 9.17) is 4.52 Å². The third-order valence-electron chi connectivity index (χ3n) is 3.85. The molecule has 3 aromatic heterocycles. The van der Waals surface area contributed by atoms with E-state index in [0.29, 0.717) is 5.65 Å². The molecule has 0 radical (unpaired) electrons. The molecule has 0 aromatic carbocycles. The zero-order valence-electron chi connectivity index (χ0n) is 11.7. The van der Waals surface area contributed by atoms with Crippen molar-refractivity contribution in [3.63, 3.8) is 0 Å². The van der Waals surface area contributed by atoms with Crippen molar-refractivity contribution in [1.82, 2.24) is 20.1 Å². The zero-order valence-corrected chi connectivity index (χ0v) is 11.7. The molecule has 21 heavy (non-hydrogen) atoms. The molecule has 1 fully saturated rings. The van der Waals surface area contributed by atoms with Gasteiger partial charge in [-0.3, -0.25) is 4.98 Å². The molecule has 1 saturated heterocycles. The topological polar surface area (TPSA) is 67.9 Å². The lowest BCUT2D eigenvalue weighted by Gasteiger charge is -2.24. The van der Waals surface area contributed by atoms with E-state index in [9.17, 15) is 0 Å². The van der Waals surface area contributed by atoms with Crippen molar-refractivity contribution in [1.29, 1.82) is 0 Å². The minimum absolute atomic E-state index is 0.226. The molecule has 0 N–H and O–H groups in total. The highest BCUT2D eigenvalue weighted by atomic mass is 16.5. The Morgan fingerprint density at radius 1 is 1.24 bits per heavy atom. The number of pyridine rings is 1. The molecule has 3 aromatic rings. The highest BCUT2D eigenvalue weighted by Crippen LogP contribution is 2.35. The van der Waals surface area contributed by atoms with Gasteiger partial charge in [-0.15, -0.1) is 0 Å². The summed E-state index contributed by atoms with van der Waals surface area (Å²) in [7, 11) is 0. The molecular formula is C15H15N5O. The van der Waals surface area contributed by atoms with E-state index in [1.54, 1.807) is 12.4 Å². The van der Waals surface area contributed by atoms with Gasteiger partial charge in [-0.1, -0.05) is 5.16 Å². The van der Waals surface area contributed by atoms with Gasteiger partial charge < -0.3 is 9.42 Å². The van der Waals surface area contributed by atoms with Crippen LogP contribution in [0.2, 0.25) is 0 Å². The molecule has 0 saturated carbocycles. The van der Waals surface area contributed by atoms with E-state index in [1.165, 1.54) is 0 Å². The fourth-order valence-electron chi connectivity index (χ4n) is 2.90. The van der Waals surface area contributed by atoms with Crippen molar-refractivity contribution in [3.8, 4) is 0 Å². The van der Waals surface area contributed by atoms with Gasteiger partial charge in [0.2, 0.25) is 0 Å². The highest BCUT2D eigenvalue weighted by Gasteiger charge is 2.29. The molecule has 1 aliphatic heterocycles. The van der Waals surface area contributed by atoms with Crippen molar-refractivity contribution in [2.75, 3.05) is 11.4 Å². The SMILES string of the molecule is Cc1cc([C@@H]2CCCN2c2ccc3nccnc3n2)no1. The second-order valence-electron chi connectivity index (χ2n) is 5.28. The van der Waals surface area contributed by atoms with Gasteiger partial charge in [-0.05, 0) is 31.9 Å². The smallest absolute Gasteiger partial charge is 0.180 e. The van der Waals surface area contributed by atoms with Gasteiger partial charge in [0, 0.05) is 25.0 Å². The molecular weight excluding hydrogens is 266 g/mol. The molecule has 4 heterocycles. The molecule has 106 valence electrons. The summed E-state index contributed by atoms with van der Waals surface area (Å²) in [4.78, 5) is 15.4. The molecule has 1 aliphatic rings. The Labute approximate surface area is 121 Å². The number of rotatable bonds is 2. The van der Waals surface area contributed by atoms with E-state index >= 15 is 0 Å². The lowest BCUT2D eigenvalue weighted by atomic mass is 10.1. The number of fused-ring (bicyclic) bond motifs is 1. The molecule has 6 nitrogen and oxygen atoms in total. The average molecular weight is 281 g/mol. The van der Waals surface area contributed by atoms with Crippen LogP contribution in [0.1, 0.15) is 30.3 Å². The first-order valence-corrected chi connectivity index (χ1v) is 7.09. The lowest BCUT2D eigenvalue weighted by molar-refractivity contribution is 0.385. The molecule has 0 unspecified atom stereocenters. The van der Waals surface area contributed by atoms with E-state index in [2.05, 4.69) is 25.0 Å². The van der Waals surface area contributed by atoms with Crippen LogP contribution in [0, 0.1) is 6.92 Å². The van der Waals surface area contributed by atoms with Crippen LogP contribution < -0.4 is 4.90 Å². The Kier molecular flexibility index (Phi) is 2.80. The average Bonchev–Trinajstić information content (AvgIpc) is 3.15. The fraction of sp³-hybridized carbons (Fsp3) is 0.333. The van der Waals surface area contributed by atoms with Crippen LogP contribution in [0.5, 0.6) is 0 Å². The maximum absolute atomic E-state index is 5.21. The molecule has 0 bridgehead atoms. The molecule has 0 amide bonds. The standard InChI is InChI=1S/C15H15N5O/c1-10-9-12(19-21-10)13-3-2-8-20(13)14-5-4-11-15(18-14)17-7-6-16-11/h4-7,9,13H,2-3,8H2,1H3/t13-/m0/s1. The second-order valence-corrected chi connectivity index (χ2v) is 5.28. The Hall–Kier alpha value is -2.50. The maximum Gasteiger partial charge on any atom is 0.180 e. The minimum Gasteiger partial charge on any atom is -0.361 e. The first kappa shape index (κ1) is 12.3. The lowest BCUT2D eigenvalue weighted by Crippen LogP contribution is -2.23. The van der Waals surface area contributed by atoms with Crippen LogP contribution >= 0.6 is 0 Å². The van der Waals surface area contributed by atoms with Crippen LogP contribution in [0.15, 0.2) is 35.1 Å². The van der Waals surface area contributed by atoms with Gasteiger partial charge in [0.25, 0.3) is 0 Å². The van der Waals surface area contributed by atoms with Crippen molar-refractivity contribution in [2.45, 2.75) is 25.8 Å². The van der Waals surface area contributed by atoms with Crippen LogP contribution in [0.25, 0.3) is 11.2 Å². The Morgan fingerprint density at radius 2 is 2.14 bits per heavy atom. The van der Waals surface area contributed by atoms with E-state index in [1.807, 2.05) is 25.1 Å². The quantitative estimate of drug-likeness (QED) is 0.719. The van der Waals surface area contributed by atoms with Crippen molar-refractivity contribution in [3.05, 3.63) is 42.0 Å². The highest BCUT2D eigenvalue weighted by molar-refractivity contribution is 5.71. The summed E-state index contributed by atoms with van der Waals surface area (Å²) >= 11 is 0.